The molecular formula is C15H11N3O3. The maximum Gasteiger partial charge on any atom is 0.271 e. The summed E-state index contributed by atoms with van der Waals surface area (Å²) in [5.74, 6) is 0.745. The van der Waals surface area contributed by atoms with Gasteiger partial charge in [0.15, 0.2) is 0 Å². The number of rotatable bonds is 3. The second kappa shape index (κ2) is 5.09. The number of para-hydroxylation sites is 1. The smallest absolute Gasteiger partial charge is 0.271 e. The van der Waals surface area contributed by atoms with Crippen molar-refractivity contribution >= 4 is 28.9 Å². The van der Waals surface area contributed by atoms with Crippen molar-refractivity contribution in [3.63, 3.8) is 0 Å². The maximum absolute atomic E-state index is 10.7. The van der Waals surface area contributed by atoms with Gasteiger partial charge in [-0.3, -0.25) is 10.1 Å². The molecule has 0 amide bonds. The van der Waals surface area contributed by atoms with E-state index in [9.17, 15) is 15.2 Å². The highest BCUT2D eigenvalue weighted by atomic mass is 16.6. The van der Waals surface area contributed by atoms with Gasteiger partial charge in [-0.25, -0.2) is 4.98 Å². The molecule has 21 heavy (non-hydrogen) atoms. The molecule has 3 rings (SSSR count). The van der Waals surface area contributed by atoms with E-state index in [0.29, 0.717) is 22.4 Å². The lowest BCUT2D eigenvalue weighted by Crippen LogP contribution is -1.86. The summed E-state index contributed by atoms with van der Waals surface area (Å²) in [6.07, 6.45) is 3.43. The summed E-state index contributed by atoms with van der Waals surface area (Å²) in [6, 6.07) is 11.4. The Bertz CT molecular complexity index is 852. The number of H-pyrrole nitrogens is 1. The molecule has 0 spiro atoms. The second-order valence-electron chi connectivity index (χ2n) is 4.47. The minimum atomic E-state index is -0.447. The Morgan fingerprint density at radius 1 is 1.19 bits per heavy atom. The van der Waals surface area contributed by atoms with Crippen molar-refractivity contribution in [1.29, 1.82) is 0 Å². The maximum atomic E-state index is 10.7. The minimum absolute atomic E-state index is 0.0161. The third kappa shape index (κ3) is 2.59. The quantitative estimate of drug-likeness (QED) is 0.568. The number of nitrogens with zero attached hydrogens (tertiary/aromatic N) is 2. The van der Waals surface area contributed by atoms with Crippen LogP contribution in [0.5, 0.6) is 5.75 Å². The van der Waals surface area contributed by atoms with E-state index in [1.807, 2.05) is 6.07 Å². The van der Waals surface area contributed by atoms with Crippen LogP contribution >= 0.6 is 0 Å². The van der Waals surface area contributed by atoms with Crippen molar-refractivity contribution in [2.75, 3.05) is 0 Å². The van der Waals surface area contributed by atoms with Crippen LogP contribution in [0.3, 0.4) is 0 Å². The van der Waals surface area contributed by atoms with Gasteiger partial charge in [0.25, 0.3) is 5.69 Å². The predicted molar refractivity (Wildman–Crippen MR) is 79.8 cm³/mol. The van der Waals surface area contributed by atoms with Gasteiger partial charge in [-0.1, -0.05) is 18.2 Å². The van der Waals surface area contributed by atoms with Gasteiger partial charge in [0.05, 0.1) is 16.0 Å². The van der Waals surface area contributed by atoms with Gasteiger partial charge in [-0.05, 0) is 24.3 Å². The third-order valence-electron chi connectivity index (χ3n) is 3.05. The molecule has 3 aromatic rings. The normalized spacial score (nSPS) is 11.2. The van der Waals surface area contributed by atoms with Crippen molar-refractivity contribution in [3.8, 4) is 5.75 Å². The molecule has 2 aromatic carbocycles. The van der Waals surface area contributed by atoms with Crippen LogP contribution in [0.4, 0.5) is 5.69 Å². The first-order chi connectivity index (χ1) is 10.1. The van der Waals surface area contributed by atoms with Gasteiger partial charge in [-0.2, -0.15) is 0 Å². The van der Waals surface area contributed by atoms with Crippen LogP contribution in [0.2, 0.25) is 0 Å². The van der Waals surface area contributed by atoms with E-state index in [2.05, 4.69) is 9.97 Å². The number of non-ortho nitro benzene ring substituents is 1. The number of benzene rings is 2. The van der Waals surface area contributed by atoms with Crippen LogP contribution in [-0.4, -0.2) is 20.0 Å². The summed E-state index contributed by atoms with van der Waals surface area (Å²) < 4.78 is 0. The number of aromatic amines is 1. The number of fused-ring (bicyclic) bond motifs is 1. The zero-order valence-corrected chi connectivity index (χ0v) is 10.9. The average Bonchev–Trinajstić information content (AvgIpc) is 2.88. The molecule has 0 bridgehead atoms. The van der Waals surface area contributed by atoms with E-state index in [4.69, 9.17) is 0 Å². The molecule has 0 aliphatic carbocycles. The molecule has 0 fully saturated rings. The van der Waals surface area contributed by atoms with Gasteiger partial charge >= 0.3 is 0 Å². The van der Waals surface area contributed by atoms with E-state index in [1.54, 1.807) is 36.4 Å². The van der Waals surface area contributed by atoms with E-state index in [-0.39, 0.29) is 11.4 Å². The van der Waals surface area contributed by atoms with Crippen LogP contribution in [0.15, 0.2) is 42.5 Å². The standard InChI is InChI=1S/C15H11N3O3/c19-14-4-2-1-3-10(14)5-8-15-16-12-7-6-11(18(20)21)9-13(12)17-15/h1-9,19H,(H,16,17)/b8-5+. The van der Waals surface area contributed by atoms with Crippen molar-refractivity contribution in [1.82, 2.24) is 9.97 Å². The number of nitrogens with one attached hydrogen (secondary N) is 1. The Balaban J connectivity index is 1.95. The van der Waals surface area contributed by atoms with Crippen molar-refractivity contribution in [2.24, 2.45) is 0 Å². The molecule has 104 valence electrons. The number of phenols is 1. The first-order valence-corrected chi connectivity index (χ1v) is 6.24. The summed E-state index contributed by atoms with van der Waals surface area (Å²) in [5, 5.41) is 20.4. The molecule has 1 heterocycles. The van der Waals surface area contributed by atoms with E-state index < -0.39 is 4.92 Å². The Labute approximate surface area is 119 Å². The fraction of sp³-hybridized carbons (Fsp3) is 0. The highest BCUT2D eigenvalue weighted by Gasteiger charge is 2.08. The minimum Gasteiger partial charge on any atom is -0.507 e. The first kappa shape index (κ1) is 12.9. The van der Waals surface area contributed by atoms with Gasteiger partial charge in [0, 0.05) is 17.7 Å². The van der Waals surface area contributed by atoms with Crippen LogP contribution < -0.4 is 0 Å². The molecule has 0 saturated carbocycles. The molecule has 0 aliphatic heterocycles. The number of hydrogen-bond acceptors (Lipinski definition) is 4. The summed E-state index contributed by atoms with van der Waals surface area (Å²) in [5.41, 5.74) is 1.94. The first-order valence-electron chi connectivity index (χ1n) is 6.24. The lowest BCUT2D eigenvalue weighted by molar-refractivity contribution is -0.384. The summed E-state index contributed by atoms with van der Waals surface area (Å²) in [4.78, 5) is 17.6. The molecule has 6 nitrogen and oxygen atoms in total. The Morgan fingerprint density at radius 3 is 2.76 bits per heavy atom. The molecule has 0 aliphatic rings. The summed E-state index contributed by atoms with van der Waals surface area (Å²) in [6.45, 7) is 0. The Hall–Kier alpha value is -3.15. The highest BCUT2D eigenvalue weighted by Crippen LogP contribution is 2.21. The van der Waals surface area contributed by atoms with Gasteiger partial charge < -0.3 is 10.1 Å². The molecule has 6 heteroatoms. The molecular weight excluding hydrogens is 270 g/mol. The number of nitro groups is 1. The number of imidazole rings is 1. The monoisotopic (exact) mass is 281 g/mol. The van der Waals surface area contributed by atoms with Crippen LogP contribution in [0.25, 0.3) is 23.2 Å². The largest absolute Gasteiger partial charge is 0.507 e. The van der Waals surface area contributed by atoms with Crippen LogP contribution in [0.1, 0.15) is 11.4 Å². The fourth-order valence-corrected chi connectivity index (χ4v) is 2.01. The zero-order valence-electron chi connectivity index (χ0n) is 10.9. The zero-order chi connectivity index (χ0) is 14.8. The number of aromatic hydroxyl groups is 1. The Kier molecular flexibility index (Phi) is 3.12. The Morgan fingerprint density at radius 2 is 2.00 bits per heavy atom. The lowest BCUT2D eigenvalue weighted by Gasteiger charge is -1.95. The molecule has 1 aromatic heterocycles. The SMILES string of the molecule is O=[N+]([O-])c1ccc2nc(/C=C/c3ccccc3O)[nH]c2c1. The summed E-state index contributed by atoms with van der Waals surface area (Å²) >= 11 is 0. The van der Waals surface area contributed by atoms with Crippen molar-refractivity contribution < 1.29 is 10.0 Å². The van der Waals surface area contributed by atoms with Gasteiger partial charge in [0.2, 0.25) is 0 Å². The second-order valence-corrected chi connectivity index (χ2v) is 4.47. The number of phenolic OH excluding ortho intramolecular Hbond substituents is 1. The van der Waals surface area contributed by atoms with E-state index in [0.717, 1.165) is 0 Å². The topological polar surface area (TPSA) is 92.1 Å². The number of aromatic nitrogens is 2. The summed E-state index contributed by atoms with van der Waals surface area (Å²) in [7, 11) is 0. The number of hydrogen-bond donors (Lipinski definition) is 2. The van der Waals surface area contributed by atoms with Crippen molar-refractivity contribution in [3.05, 3.63) is 64.0 Å². The third-order valence-corrected chi connectivity index (χ3v) is 3.05. The molecule has 0 atom stereocenters. The highest BCUT2D eigenvalue weighted by molar-refractivity contribution is 5.81. The molecule has 0 radical (unpaired) electrons. The average molecular weight is 281 g/mol. The van der Waals surface area contributed by atoms with Gasteiger partial charge in [0.1, 0.15) is 11.6 Å². The fourth-order valence-electron chi connectivity index (χ4n) is 2.01. The van der Waals surface area contributed by atoms with Gasteiger partial charge in [-0.15, -0.1) is 0 Å². The van der Waals surface area contributed by atoms with Crippen LogP contribution in [0, 0.1) is 10.1 Å². The lowest BCUT2D eigenvalue weighted by atomic mass is 10.2. The van der Waals surface area contributed by atoms with Crippen molar-refractivity contribution in [2.45, 2.75) is 0 Å². The molecule has 0 unspecified atom stereocenters. The number of nitro benzene ring substituents is 1. The molecule has 2 N–H and O–H groups in total. The van der Waals surface area contributed by atoms with Crippen LogP contribution in [-0.2, 0) is 0 Å². The molecule has 0 saturated heterocycles. The predicted octanol–water partition coefficient (Wildman–Crippen LogP) is 3.35. The van der Waals surface area contributed by atoms with E-state index >= 15 is 0 Å². The van der Waals surface area contributed by atoms with E-state index in [1.165, 1.54) is 12.1 Å².